The summed E-state index contributed by atoms with van der Waals surface area (Å²) in [5, 5.41) is 9.39. The third-order valence-corrected chi connectivity index (χ3v) is 3.05. The summed E-state index contributed by atoms with van der Waals surface area (Å²) in [6, 6.07) is 6.33. The molecule has 0 aliphatic carbocycles. The molecule has 1 aromatic carbocycles. The van der Waals surface area contributed by atoms with E-state index in [9.17, 15) is 9.59 Å². The maximum absolute atomic E-state index is 11.8. The van der Waals surface area contributed by atoms with Crippen LogP contribution in [0.4, 0.5) is 11.5 Å². The molecule has 0 saturated heterocycles. The summed E-state index contributed by atoms with van der Waals surface area (Å²) < 4.78 is 9.47. The van der Waals surface area contributed by atoms with E-state index >= 15 is 0 Å². The summed E-state index contributed by atoms with van der Waals surface area (Å²) >= 11 is 5.92. The molecular weight excluding hydrogens is 310 g/mol. The third kappa shape index (κ3) is 3.98. The average molecular weight is 324 g/mol. The molecule has 0 atom stereocenters. The smallest absolute Gasteiger partial charge is 0.339 e. The van der Waals surface area contributed by atoms with E-state index in [-0.39, 0.29) is 23.0 Å². The first-order chi connectivity index (χ1) is 10.5. The van der Waals surface area contributed by atoms with Gasteiger partial charge in [-0.25, -0.2) is 4.79 Å². The summed E-state index contributed by atoms with van der Waals surface area (Å²) in [6.45, 7) is 1.72. The monoisotopic (exact) mass is 323 g/mol. The maximum atomic E-state index is 11.8. The zero-order chi connectivity index (χ0) is 16.1. The Kier molecular flexibility index (Phi) is 5.00. The lowest BCUT2D eigenvalue weighted by Crippen LogP contribution is -2.22. The molecule has 0 bridgehead atoms. The number of aryl methyl sites for hydroxylation is 1. The van der Waals surface area contributed by atoms with Crippen LogP contribution in [0.1, 0.15) is 16.1 Å². The van der Waals surface area contributed by atoms with Gasteiger partial charge in [-0.05, 0) is 25.1 Å². The molecule has 2 aromatic rings. The number of amides is 1. The van der Waals surface area contributed by atoms with E-state index < -0.39 is 5.97 Å². The number of rotatable bonds is 5. The van der Waals surface area contributed by atoms with Crippen LogP contribution < -0.4 is 10.6 Å². The van der Waals surface area contributed by atoms with Crippen LogP contribution in [0, 0.1) is 6.92 Å². The molecule has 0 radical (unpaired) electrons. The summed E-state index contributed by atoms with van der Waals surface area (Å²) in [5.41, 5.74) is 0.790. The summed E-state index contributed by atoms with van der Waals surface area (Å²) in [7, 11) is 1.27. The normalized spacial score (nSPS) is 10.1. The first-order valence-corrected chi connectivity index (χ1v) is 6.72. The molecule has 0 spiro atoms. The lowest BCUT2D eigenvalue weighted by Gasteiger charge is -2.08. The first kappa shape index (κ1) is 15.8. The van der Waals surface area contributed by atoms with Crippen LogP contribution in [0.2, 0.25) is 5.02 Å². The Balaban J connectivity index is 1.96. The highest BCUT2D eigenvalue weighted by Gasteiger charge is 2.12. The minimum absolute atomic E-state index is 0.00580. The first-order valence-electron chi connectivity index (χ1n) is 6.34. The third-order valence-electron chi connectivity index (χ3n) is 2.72. The average Bonchev–Trinajstić information content (AvgIpc) is 2.90. The second-order valence-electron chi connectivity index (χ2n) is 4.41. The Bertz CT molecular complexity index is 699. The zero-order valence-electron chi connectivity index (χ0n) is 12.0. The van der Waals surface area contributed by atoms with Crippen LogP contribution in [-0.2, 0) is 9.53 Å². The number of halogens is 1. The molecule has 0 unspecified atom stereocenters. The van der Waals surface area contributed by atoms with Gasteiger partial charge < -0.3 is 19.9 Å². The van der Waals surface area contributed by atoms with E-state index in [2.05, 4.69) is 20.5 Å². The second-order valence-corrected chi connectivity index (χ2v) is 4.82. The number of benzene rings is 1. The largest absolute Gasteiger partial charge is 0.465 e. The van der Waals surface area contributed by atoms with Gasteiger partial charge >= 0.3 is 5.97 Å². The zero-order valence-corrected chi connectivity index (χ0v) is 12.7. The van der Waals surface area contributed by atoms with Gasteiger partial charge in [0.05, 0.1) is 24.2 Å². The molecule has 2 N–H and O–H groups in total. The number of ether oxygens (including phenoxy) is 1. The topological polar surface area (TPSA) is 93.5 Å². The molecule has 0 aliphatic heterocycles. The fourth-order valence-electron chi connectivity index (χ4n) is 1.70. The van der Waals surface area contributed by atoms with Crippen molar-refractivity contribution in [3.05, 3.63) is 40.6 Å². The predicted molar refractivity (Wildman–Crippen MR) is 81.2 cm³/mol. The SMILES string of the molecule is COC(=O)c1cc(NCC(=O)Nc2cc(C)on2)ccc1Cl. The van der Waals surface area contributed by atoms with Crippen LogP contribution in [0.5, 0.6) is 0 Å². The number of hydrogen-bond donors (Lipinski definition) is 2. The minimum Gasteiger partial charge on any atom is -0.465 e. The maximum Gasteiger partial charge on any atom is 0.339 e. The number of carbonyl (C=O) groups is 2. The van der Waals surface area contributed by atoms with Gasteiger partial charge in [-0.2, -0.15) is 0 Å². The molecule has 1 aromatic heterocycles. The summed E-state index contributed by atoms with van der Waals surface area (Å²) in [6.07, 6.45) is 0. The molecule has 0 fully saturated rings. The van der Waals surface area contributed by atoms with Crippen molar-refractivity contribution in [2.24, 2.45) is 0 Å². The van der Waals surface area contributed by atoms with Gasteiger partial charge in [-0.1, -0.05) is 16.8 Å². The predicted octanol–water partition coefficient (Wildman–Crippen LogP) is 2.47. The van der Waals surface area contributed by atoms with Crippen molar-refractivity contribution >= 4 is 35.0 Å². The number of hydrogen-bond acceptors (Lipinski definition) is 6. The molecule has 116 valence electrons. The van der Waals surface area contributed by atoms with Gasteiger partial charge in [-0.15, -0.1) is 0 Å². The van der Waals surface area contributed by atoms with Gasteiger partial charge in [0.15, 0.2) is 5.82 Å². The van der Waals surface area contributed by atoms with Gasteiger partial charge in [0, 0.05) is 11.8 Å². The van der Waals surface area contributed by atoms with Gasteiger partial charge in [0.25, 0.3) is 0 Å². The fraction of sp³-hybridized carbons (Fsp3) is 0.214. The number of methoxy groups -OCH3 is 1. The van der Waals surface area contributed by atoms with Crippen molar-refractivity contribution in [1.29, 1.82) is 0 Å². The van der Waals surface area contributed by atoms with Crippen LogP contribution in [0.15, 0.2) is 28.8 Å². The number of nitrogens with zero attached hydrogens (tertiary/aromatic N) is 1. The molecule has 1 heterocycles. The van der Waals surface area contributed by atoms with Crippen molar-refractivity contribution in [2.45, 2.75) is 6.92 Å². The van der Waals surface area contributed by atoms with Crippen molar-refractivity contribution in [1.82, 2.24) is 5.16 Å². The van der Waals surface area contributed by atoms with E-state index in [0.717, 1.165) is 0 Å². The van der Waals surface area contributed by atoms with Gasteiger partial charge in [-0.3, -0.25) is 4.79 Å². The number of carbonyl (C=O) groups excluding carboxylic acids is 2. The fourth-order valence-corrected chi connectivity index (χ4v) is 1.89. The highest BCUT2D eigenvalue weighted by molar-refractivity contribution is 6.33. The van der Waals surface area contributed by atoms with E-state index in [1.54, 1.807) is 25.1 Å². The van der Waals surface area contributed by atoms with Crippen molar-refractivity contribution in [3.63, 3.8) is 0 Å². The Morgan fingerprint density at radius 3 is 2.77 bits per heavy atom. The Hall–Kier alpha value is -2.54. The molecule has 8 heteroatoms. The number of aromatic nitrogens is 1. The van der Waals surface area contributed by atoms with Crippen molar-refractivity contribution in [3.8, 4) is 0 Å². The molecule has 22 heavy (non-hydrogen) atoms. The summed E-state index contributed by atoms with van der Waals surface area (Å²) in [4.78, 5) is 23.3. The van der Waals surface area contributed by atoms with E-state index in [4.69, 9.17) is 16.1 Å². The molecule has 7 nitrogen and oxygen atoms in total. The quantitative estimate of drug-likeness (QED) is 0.821. The molecule has 0 aliphatic rings. The van der Waals surface area contributed by atoms with Crippen LogP contribution in [0.3, 0.4) is 0 Å². The second kappa shape index (κ2) is 6.95. The number of nitrogens with one attached hydrogen (secondary N) is 2. The highest BCUT2D eigenvalue weighted by Crippen LogP contribution is 2.21. The Morgan fingerprint density at radius 2 is 2.14 bits per heavy atom. The minimum atomic E-state index is -0.545. The van der Waals surface area contributed by atoms with Crippen LogP contribution in [-0.4, -0.2) is 30.7 Å². The van der Waals surface area contributed by atoms with Crippen molar-refractivity contribution < 1.29 is 18.8 Å². The Morgan fingerprint density at radius 1 is 1.36 bits per heavy atom. The number of anilines is 2. The Labute approximate surface area is 131 Å². The van der Waals surface area contributed by atoms with Crippen LogP contribution in [0.25, 0.3) is 0 Å². The van der Waals surface area contributed by atoms with Crippen molar-refractivity contribution in [2.75, 3.05) is 24.3 Å². The molecule has 2 rings (SSSR count). The van der Waals surface area contributed by atoms with Gasteiger partial charge in [0.1, 0.15) is 5.76 Å². The van der Waals surface area contributed by atoms with Crippen LogP contribution >= 0.6 is 11.6 Å². The summed E-state index contributed by atoms with van der Waals surface area (Å²) in [5.74, 6) is 0.0957. The lowest BCUT2D eigenvalue weighted by molar-refractivity contribution is -0.114. The van der Waals surface area contributed by atoms with E-state index in [1.165, 1.54) is 13.2 Å². The van der Waals surface area contributed by atoms with Gasteiger partial charge in [0.2, 0.25) is 5.91 Å². The van der Waals surface area contributed by atoms with E-state index in [1.807, 2.05) is 0 Å². The number of esters is 1. The lowest BCUT2D eigenvalue weighted by atomic mass is 10.2. The highest BCUT2D eigenvalue weighted by atomic mass is 35.5. The van der Waals surface area contributed by atoms with E-state index in [0.29, 0.717) is 17.3 Å². The molecular formula is C14H14ClN3O4. The molecule has 1 amide bonds. The standard InChI is InChI=1S/C14H14ClN3O4/c1-8-5-12(18-22-8)17-13(19)7-16-9-3-4-11(15)10(6-9)14(20)21-2/h3-6,16H,7H2,1-2H3,(H,17,18,19). The molecule has 0 saturated carbocycles.